The van der Waals surface area contributed by atoms with Crippen LogP contribution >= 0.6 is 15.9 Å². The number of nitrogens with zero attached hydrogens (tertiary/aromatic N) is 1. The maximum atomic E-state index is 13.6. The number of benzene rings is 1. The van der Waals surface area contributed by atoms with Gasteiger partial charge < -0.3 is 9.64 Å². The first kappa shape index (κ1) is 11.4. The first-order valence-electron chi connectivity index (χ1n) is 4.90. The lowest BCUT2D eigenvalue weighted by Gasteiger charge is -2.18. The summed E-state index contributed by atoms with van der Waals surface area (Å²) in [4.78, 5) is 13.3. The average molecular weight is 288 g/mol. The second-order valence-electron chi connectivity index (χ2n) is 3.85. The molecule has 0 saturated carbocycles. The van der Waals surface area contributed by atoms with E-state index in [1.54, 1.807) is 20.0 Å². The second-order valence-corrected chi connectivity index (χ2v) is 4.76. The van der Waals surface area contributed by atoms with E-state index in [1.165, 1.54) is 11.0 Å². The van der Waals surface area contributed by atoms with Gasteiger partial charge in [-0.1, -0.05) is 22.9 Å². The second kappa shape index (κ2) is 4.05. The SMILES string of the molecule is CC1COc2c(F)cc(Br)cc2N(C)C1=O. The Morgan fingerprint density at radius 3 is 2.94 bits per heavy atom. The average Bonchev–Trinajstić information content (AvgIpc) is 2.32. The molecule has 0 N–H and O–H groups in total. The highest BCUT2D eigenvalue weighted by Crippen LogP contribution is 2.36. The molecule has 5 heteroatoms. The lowest BCUT2D eigenvalue weighted by atomic mass is 10.1. The van der Waals surface area contributed by atoms with E-state index in [2.05, 4.69) is 15.9 Å². The van der Waals surface area contributed by atoms with E-state index in [0.29, 0.717) is 10.2 Å². The third-order valence-electron chi connectivity index (χ3n) is 2.58. The number of carbonyl (C=O) groups is 1. The monoisotopic (exact) mass is 287 g/mol. The molecular formula is C11H11BrFNO2. The molecule has 0 saturated heterocycles. The fraction of sp³-hybridized carbons (Fsp3) is 0.364. The third kappa shape index (κ3) is 1.80. The molecule has 16 heavy (non-hydrogen) atoms. The van der Waals surface area contributed by atoms with Crippen LogP contribution in [0, 0.1) is 11.7 Å². The number of ether oxygens (including phenoxy) is 1. The van der Waals surface area contributed by atoms with Crippen LogP contribution in [0.5, 0.6) is 5.75 Å². The third-order valence-corrected chi connectivity index (χ3v) is 3.04. The molecule has 0 bridgehead atoms. The molecular weight excluding hydrogens is 277 g/mol. The molecule has 1 atom stereocenters. The number of carbonyl (C=O) groups excluding carboxylic acids is 1. The summed E-state index contributed by atoms with van der Waals surface area (Å²) in [6, 6.07) is 3.00. The van der Waals surface area contributed by atoms with Crippen molar-refractivity contribution in [1.29, 1.82) is 0 Å². The van der Waals surface area contributed by atoms with Gasteiger partial charge in [-0.2, -0.15) is 0 Å². The topological polar surface area (TPSA) is 29.5 Å². The van der Waals surface area contributed by atoms with Gasteiger partial charge in [0.2, 0.25) is 5.91 Å². The highest BCUT2D eigenvalue weighted by Gasteiger charge is 2.28. The Morgan fingerprint density at radius 1 is 1.56 bits per heavy atom. The maximum Gasteiger partial charge on any atom is 0.233 e. The van der Waals surface area contributed by atoms with Crippen molar-refractivity contribution in [2.75, 3.05) is 18.6 Å². The molecule has 0 aromatic heterocycles. The Bertz CT molecular complexity index is 450. The fourth-order valence-corrected chi connectivity index (χ4v) is 2.09. The van der Waals surface area contributed by atoms with Crippen molar-refractivity contribution in [3.63, 3.8) is 0 Å². The van der Waals surface area contributed by atoms with E-state index in [-0.39, 0.29) is 24.2 Å². The molecule has 1 amide bonds. The van der Waals surface area contributed by atoms with Crippen molar-refractivity contribution in [3.8, 4) is 5.75 Å². The van der Waals surface area contributed by atoms with E-state index in [4.69, 9.17) is 4.74 Å². The predicted molar refractivity (Wildman–Crippen MR) is 62.2 cm³/mol. The Labute approximate surface area is 101 Å². The molecule has 1 aromatic carbocycles. The summed E-state index contributed by atoms with van der Waals surface area (Å²) >= 11 is 3.20. The fourth-order valence-electron chi connectivity index (χ4n) is 1.67. The lowest BCUT2D eigenvalue weighted by molar-refractivity contribution is -0.122. The Morgan fingerprint density at radius 2 is 2.25 bits per heavy atom. The molecule has 86 valence electrons. The number of halogens is 2. The smallest absolute Gasteiger partial charge is 0.233 e. The van der Waals surface area contributed by atoms with E-state index < -0.39 is 5.82 Å². The molecule has 1 aliphatic rings. The van der Waals surface area contributed by atoms with Crippen LogP contribution in [0.3, 0.4) is 0 Å². The summed E-state index contributed by atoms with van der Waals surface area (Å²) in [6.07, 6.45) is 0. The highest BCUT2D eigenvalue weighted by molar-refractivity contribution is 9.10. The predicted octanol–water partition coefficient (Wildman–Crippen LogP) is 2.58. The van der Waals surface area contributed by atoms with Gasteiger partial charge >= 0.3 is 0 Å². The highest BCUT2D eigenvalue weighted by atomic mass is 79.9. The van der Waals surface area contributed by atoms with Gasteiger partial charge in [0.05, 0.1) is 18.2 Å². The zero-order valence-electron chi connectivity index (χ0n) is 8.96. The number of hydrogen-bond donors (Lipinski definition) is 0. The van der Waals surface area contributed by atoms with Gasteiger partial charge in [0.15, 0.2) is 11.6 Å². The van der Waals surface area contributed by atoms with Crippen molar-refractivity contribution in [1.82, 2.24) is 0 Å². The summed E-state index contributed by atoms with van der Waals surface area (Å²) in [5.74, 6) is -0.659. The maximum absolute atomic E-state index is 13.6. The van der Waals surface area contributed by atoms with Crippen molar-refractivity contribution >= 4 is 27.5 Å². The number of amides is 1. The van der Waals surface area contributed by atoms with Crippen LogP contribution in [-0.2, 0) is 4.79 Å². The van der Waals surface area contributed by atoms with Crippen LogP contribution in [0.25, 0.3) is 0 Å². The lowest BCUT2D eigenvalue weighted by Crippen LogP contribution is -2.31. The van der Waals surface area contributed by atoms with Crippen LogP contribution in [0.1, 0.15) is 6.92 Å². The van der Waals surface area contributed by atoms with Gasteiger partial charge in [0.25, 0.3) is 0 Å². The molecule has 0 radical (unpaired) electrons. The molecule has 3 nitrogen and oxygen atoms in total. The number of hydrogen-bond acceptors (Lipinski definition) is 2. The van der Waals surface area contributed by atoms with Gasteiger partial charge in [-0.3, -0.25) is 4.79 Å². The molecule has 1 aliphatic heterocycles. The van der Waals surface area contributed by atoms with E-state index in [0.717, 1.165) is 0 Å². The van der Waals surface area contributed by atoms with E-state index >= 15 is 0 Å². The van der Waals surface area contributed by atoms with E-state index in [1.807, 2.05) is 0 Å². The number of anilines is 1. The standard InChI is InChI=1S/C11H11BrFNO2/c1-6-5-16-10-8(13)3-7(12)4-9(10)14(2)11(6)15/h3-4,6H,5H2,1-2H3. The minimum atomic E-state index is -0.460. The van der Waals surface area contributed by atoms with Gasteiger partial charge in [0.1, 0.15) is 0 Å². The number of rotatable bonds is 0. The summed E-state index contributed by atoms with van der Waals surface area (Å²) in [7, 11) is 1.62. The molecule has 1 aromatic rings. The van der Waals surface area contributed by atoms with Crippen LogP contribution in [0.4, 0.5) is 10.1 Å². The van der Waals surface area contributed by atoms with Crippen LogP contribution in [-0.4, -0.2) is 19.6 Å². The zero-order chi connectivity index (χ0) is 11.9. The minimum Gasteiger partial charge on any atom is -0.488 e. The molecule has 2 rings (SSSR count). The van der Waals surface area contributed by atoms with Crippen molar-refractivity contribution in [2.24, 2.45) is 5.92 Å². The quantitative estimate of drug-likeness (QED) is 0.734. The molecule has 0 fully saturated rings. The largest absolute Gasteiger partial charge is 0.488 e. The zero-order valence-corrected chi connectivity index (χ0v) is 10.5. The molecule has 1 unspecified atom stereocenters. The molecule has 0 spiro atoms. The van der Waals surface area contributed by atoms with Crippen molar-refractivity contribution in [3.05, 3.63) is 22.4 Å². The van der Waals surface area contributed by atoms with Crippen molar-refractivity contribution < 1.29 is 13.9 Å². The van der Waals surface area contributed by atoms with Gasteiger partial charge in [-0.25, -0.2) is 4.39 Å². The first-order valence-corrected chi connectivity index (χ1v) is 5.69. The summed E-state index contributed by atoms with van der Waals surface area (Å²) in [5, 5.41) is 0. The minimum absolute atomic E-state index is 0.0729. The Kier molecular flexibility index (Phi) is 2.88. The van der Waals surface area contributed by atoms with Gasteiger partial charge in [-0.05, 0) is 12.1 Å². The Balaban J connectivity index is 2.57. The van der Waals surface area contributed by atoms with Crippen LogP contribution in [0.2, 0.25) is 0 Å². The number of fused-ring (bicyclic) bond motifs is 1. The summed E-state index contributed by atoms with van der Waals surface area (Å²) in [5.41, 5.74) is 0.459. The summed E-state index contributed by atoms with van der Waals surface area (Å²) < 4.78 is 19.6. The Hall–Kier alpha value is -1.10. The van der Waals surface area contributed by atoms with Gasteiger partial charge in [-0.15, -0.1) is 0 Å². The van der Waals surface area contributed by atoms with Crippen LogP contribution < -0.4 is 9.64 Å². The normalized spacial score (nSPS) is 20.1. The van der Waals surface area contributed by atoms with Crippen LogP contribution in [0.15, 0.2) is 16.6 Å². The summed E-state index contributed by atoms with van der Waals surface area (Å²) in [6.45, 7) is 1.96. The van der Waals surface area contributed by atoms with Gasteiger partial charge in [0, 0.05) is 11.5 Å². The van der Waals surface area contributed by atoms with E-state index in [9.17, 15) is 9.18 Å². The molecule has 0 aliphatic carbocycles. The first-order chi connectivity index (χ1) is 7.50. The van der Waals surface area contributed by atoms with Crippen molar-refractivity contribution in [2.45, 2.75) is 6.92 Å². The molecule has 1 heterocycles.